The second-order valence-electron chi connectivity index (χ2n) is 3.94. The highest BCUT2D eigenvalue weighted by atomic mass is 79.9. The van der Waals surface area contributed by atoms with Crippen LogP contribution in [0.2, 0.25) is 0 Å². The quantitative estimate of drug-likeness (QED) is 0.939. The molecule has 1 aromatic heterocycles. The molecule has 0 unspecified atom stereocenters. The maximum atomic E-state index is 5.33. The molecule has 0 radical (unpaired) electrons. The Morgan fingerprint density at radius 3 is 2.33 bits per heavy atom. The summed E-state index contributed by atoms with van der Waals surface area (Å²) in [5.74, 6) is 2.29. The number of rotatable bonds is 3. The minimum Gasteiger partial charge on any atom is -0.494 e. The van der Waals surface area contributed by atoms with Crippen LogP contribution in [0, 0.1) is 0 Å². The van der Waals surface area contributed by atoms with Crippen LogP contribution >= 0.6 is 15.9 Å². The number of methoxy groups -OCH3 is 2. The molecule has 1 N–H and O–H groups in total. The summed E-state index contributed by atoms with van der Waals surface area (Å²) in [7, 11) is 3.27. The van der Waals surface area contributed by atoms with E-state index in [1.54, 1.807) is 14.2 Å². The molecule has 0 saturated heterocycles. The van der Waals surface area contributed by atoms with Gasteiger partial charge >= 0.3 is 0 Å². The van der Waals surface area contributed by atoms with E-state index >= 15 is 0 Å². The number of H-pyrrole nitrogens is 1. The fourth-order valence-corrected chi connectivity index (χ4v) is 1.91. The Bertz CT molecular complexity index is 572. The van der Waals surface area contributed by atoms with Gasteiger partial charge in [0.25, 0.3) is 0 Å². The summed E-state index contributed by atoms with van der Waals surface area (Å²) in [6.45, 7) is 3.98. The molecular weight excluding hydrogens is 296 g/mol. The number of halogens is 1. The summed E-state index contributed by atoms with van der Waals surface area (Å²) in [6, 6.07) is 3.72. The average Bonchev–Trinajstić information content (AvgIpc) is 2.81. The predicted molar refractivity (Wildman–Crippen MR) is 76.4 cm³/mol. The third-order valence-corrected chi connectivity index (χ3v) is 3.48. The van der Waals surface area contributed by atoms with E-state index in [-0.39, 0.29) is 0 Å². The molecule has 0 fully saturated rings. The number of hydrogen-bond donors (Lipinski definition) is 1. The minimum absolute atomic E-state index is 0.730. The molecule has 96 valence electrons. The van der Waals surface area contributed by atoms with E-state index < -0.39 is 0 Å². The van der Waals surface area contributed by atoms with Crippen LogP contribution in [0.4, 0.5) is 0 Å². The number of nitrogens with zero attached hydrogens (tertiary/aromatic N) is 1. The lowest BCUT2D eigenvalue weighted by Gasteiger charge is -2.04. The van der Waals surface area contributed by atoms with E-state index in [2.05, 4.69) is 25.9 Å². The molecule has 2 aromatic rings. The number of fused-ring (bicyclic) bond motifs is 1. The van der Waals surface area contributed by atoms with Crippen molar-refractivity contribution in [3.63, 3.8) is 0 Å². The van der Waals surface area contributed by atoms with Gasteiger partial charge in [0.15, 0.2) is 0 Å². The first-order valence-corrected chi connectivity index (χ1v) is 6.31. The zero-order valence-electron chi connectivity index (χ0n) is 10.8. The Labute approximate surface area is 114 Å². The van der Waals surface area contributed by atoms with Crippen molar-refractivity contribution in [2.45, 2.75) is 13.8 Å². The third-order valence-electron chi connectivity index (χ3n) is 2.88. The van der Waals surface area contributed by atoms with Crippen molar-refractivity contribution in [3.8, 4) is 11.5 Å². The van der Waals surface area contributed by atoms with Crippen LogP contribution in [0.1, 0.15) is 19.7 Å². The molecule has 0 amide bonds. The van der Waals surface area contributed by atoms with Crippen molar-refractivity contribution in [3.05, 3.63) is 22.4 Å². The zero-order chi connectivity index (χ0) is 13.3. The maximum absolute atomic E-state index is 5.33. The highest BCUT2D eigenvalue weighted by Gasteiger charge is 2.14. The van der Waals surface area contributed by atoms with Gasteiger partial charge in [0, 0.05) is 5.57 Å². The zero-order valence-corrected chi connectivity index (χ0v) is 12.4. The van der Waals surface area contributed by atoms with Gasteiger partial charge in [-0.05, 0) is 30.5 Å². The SMILES string of the molecule is COc1ccc(OC)c2[nH]c(/C(C)=C(/C)Br)nc12. The highest BCUT2D eigenvalue weighted by molar-refractivity contribution is 9.11. The lowest BCUT2D eigenvalue weighted by Crippen LogP contribution is -1.88. The Hall–Kier alpha value is -1.49. The number of aromatic amines is 1. The van der Waals surface area contributed by atoms with E-state index in [4.69, 9.17) is 9.47 Å². The molecule has 0 aliphatic rings. The standard InChI is InChI=1S/C13H15BrN2O2/c1-7(8(2)14)13-15-11-9(17-3)5-6-10(18-4)12(11)16-13/h5-6H,1-4H3,(H,15,16)/b8-7-. The minimum atomic E-state index is 0.730. The van der Waals surface area contributed by atoms with Crippen molar-refractivity contribution in [1.82, 2.24) is 9.97 Å². The first-order valence-electron chi connectivity index (χ1n) is 5.52. The van der Waals surface area contributed by atoms with E-state index in [0.717, 1.165) is 38.4 Å². The molecule has 1 aromatic carbocycles. The molecule has 1 heterocycles. The van der Waals surface area contributed by atoms with Crippen LogP contribution in [-0.2, 0) is 0 Å². The van der Waals surface area contributed by atoms with Gasteiger partial charge < -0.3 is 14.5 Å². The van der Waals surface area contributed by atoms with Crippen LogP contribution in [0.15, 0.2) is 16.6 Å². The van der Waals surface area contributed by atoms with Gasteiger partial charge in [-0.3, -0.25) is 0 Å². The van der Waals surface area contributed by atoms with Crippen LogP contribution in [0.25, 0.3) is 16.6 Å². The molecule has 0 aliphatic carbocycles. The maximum Gasteiger partial charge on any atom is 0.146 e. The highest BCUT2D eigenvalue weighted by Crippen LogP contribution is 2.33. The molecule has 18 heavy (non-hydrogen) atoms. The number of nitrogens with one attached hydrogen (secondary N) is 1. The lowest BCUT2D eigenvalue weighted by molar-refractivity contribution is 0.409. The lowest BCUT2D eigenvalue weighted by atomic mass is 10.2. The smallest absolute Gasteiger partial charge is 0.146 e. The molecular formula is C13H15BrN2O2. The summed E-state index contributed by atoms with van der Waals surface area (Å²) in [6.07, 6.45) is 0. The Morgan fingerprint density at radius 1 is 1.17 bits per heavy atom. The number of imidazole rings is 1. The Morgan fingerprint density at radius 2 is 1.78 bits per heavy atom. The van der Waals surface area contributed by atoms with Crippen LogP contribution in [-0.4, -0.2) is 24.2 Å². The van der Waals surface area contributed by atoms with E-state index in [9.17, 15) is 0 Å². The van der Waals surface area contributed by atoms with E-state index in [1.165, 1.54) is 0 Å². The molecule has 0 atom stereocenters. The topological polar surface area (TPSA) is 47.1 Å². The van der Waals surface area contributed by atoms with Crippen molar-refractivity contribution in [1.29, 1.82) is 0 Å². The number of ether oxygens (including phenoxy) is 2. The summed E-state index contributed by atoms with van der Waals surface area (Å²) in [5.41, 5.74) is 2.68. The van der Waals surface area contributed by atoms with Crippen LogP contribution in [0.5, 0.6) is 11.5 Å². The number of hydrogen-bond acceptors (Lipinski definition) is 3. The summed E-state index contributed by atoms with van der Waals surface area (Å²) < 4.78 is 11.7. The Balaban J connectivity index is 2.73. The molecule has 0 saturated carbocycles. The van der Waals surface area contributed by atoms with Gasteiger partial charge in [0.05, 0.1) is 14.2 Å². The number of allylic oxidation sites excluding steroid dienone is 2. The van der Waals surface area contributed by atoms with E-state index in [1.807, 2.05) is 26.0 Å². The van der Waals surface area contributed by atoms with Crippen LogP contribution < -0.4 is 9.47 Å². The fraction of sp³-hybridized carbons (Fsp3) is 0.308. The van der Waals surface area contributed by atoms with Crippen molar-refractivity contribution >= 4 is 32.5 Å². The van der Waals surface area contributed by atoms with E-state index in [0.29, 0.717) is 0 Å². The fourth-order valence-electron chi connectivity index (χ4n) is 1.72. The van der Waals surface area contributed by atoms with Gasteiger partial charge in [-0.25, -0.2) is 4.98 Å². The summed E-state index contributed by atoms with van der Waals surface area (Å²) >= 11 is 3.46. The molecule has 4 nitrogen and oxygen atoms in total. The first-order chi connectivity index (χ1) is 8.58. The van der Waals surface area contributed by atoms with Gasteiger partial charge in [0.2, 0.25) is 0 Å². The monoisotopic (exact) mass is 310 g/mol. The molecule has 5 heteroatoms. The van der Waals surface area contributed by atoms with Crippen molar-refractivity contribution < 1.29 is 9.47 Å². The Kier molecular flexibility index (Phi) is 3.61. The van der Waals surface area contributed by atoms with Gasteiger partial charge in [-0.15, -0.1) is 0 Å². The second-order valence-corrected chi connectivity index (χ2v) is 5.13. The molecule has 0 aliphatic heterocycles. The van der Waals surface area contributed by atoms with Crippen molar-refractivity contribution in [2.24, 2.45) is 0 Å². The predicted octanol–water partition coefficient (Wildman–Crippen LogP) is 3.73. The summed E-state index contributed by atoms with van der Waals surface area (Å²) in [4.78, 5) is 7.83. The van der Waals surface area contributed by atoms with Gasteiger partial charge in [-0.1, -0.05) is 15.9 Å². The largest absolute Gasteiger partial charge is 0.494 e. The molecule has 0 bridgehead atoms. The summed E-state index contributed by atoms with van der Waals surface area (Å²) in [5, 5.41) is 0. The van der Waals surface area contributed by atoms with Crippen LogP contribution in [0.3, 0.4) is 0 Å². The van der Waals surface area contributed by atoms with Gasteiger partial charge in [0.1, 0.15) is 28.4 Å². The van der Waals surface area contributed by atoms with Crippen molar-refractivity contribution in [2.75, 3.05) is 14.2 Å². The average molecular weight is 311 g/mol. The number of benzene rings is 1. The van der Waals surface area contributed by atoms with Gasteiger partial charge in [-0.2, -0.15) is 0 Å². The second kappa shape index (κ2) is 5.02. The normalized spacial score (nSPS) is 12.5. The number of aromatic nitrogens is 2. The first kappa shape index (κ1) is 13.0. The molecule has 2 rings (SSSR count). The molecule has 0 spiro atoms. The third kappa shape index (κ3) is 2.10.